The molecule has 0 atom stereocenters. The van der Waals surface area contributed by atoms with E-state index in [4.69, 9.17) is 5.11 Å². The number of rotatable bonds is 4. The van der Waals surface area contributed by atoms with Crippen LogP contribution in [0.1, 0.15) is 12.8 Å². The average molecular weight is 331 g/mol. The van der Waals surface area contributed by atoms with Crippen LogP contribution < -0.4 is 15.8 Å². The second-order valence-electron chi connectivity index (χ2n) is 4.65. The molecule has 6 nitrogen and oxygen atoms in total. The Bertz CT molecular complexity index is 483. The number of piperidine rings is 1. The van der Waals surface area contributed by atoms with E-state index in [9.17, 15) is 4.79 Å². The van der Waals surface area contributed by atoms with Gasteiger partial charge in [-0.15, -0.1) is 0 Å². The summed E-state index contributed by atoms with van der Waals surface area (Å²) in [7, 11) is 1.98. The molecule has 0 aromatic carbocycles. The molecule has 0 radical (unpaired) electrons. The molecule has 7 heteroatoms. The van der Waals surface area contributed by atoms with Crippen molar-refractivity contribution in [1.29, 1.82) is 0 Å². The summed E-state index contributed by atoms with van der Waals surface area (Å²) in [5, 5.41) is 16.3. The first-order chi connectivity index (χ1) is 9.17. The maximum Gasteiger partial charge on any atom is 0.283 e. The first kappa shape index (κ1) is 14.5. The Morgan fingerprint density at radius 2 is 2.21 bits per heavy atom. The lowest BCUT2D eigenvalue weighted by atomic mass is 10.1. The van der Waals surface area contributed by atoms with Gasteiger partial charge in [0.2, 0.25) is 0 Å². The fourth-order valence-corrected chi connectivity index (χ4v) is 2.90. The van der Waals surface area contributed by atoms with Crippen molar-refractivity contribution >= 4 is 21.6 Å². The van der Waals surface area contributed by atoms with Crippen molar-refractivity contribution in [3.63, 3.8) is 0 Å². The molecule has 0 aliphatic carbocycles. The van der Waals surface area contributed by atoms with E-state index >= 15 is 0 Å². The minimum Gasteiger partial charge on any atom is -0.394 e. The zero-order chi connectivity index (χ0) is 13.8. The zero-order valence-electron chi connectivity index (χ0n) is 11.0. The number of hydrogen-bond donors (Lipinski definition) is 2. The average Bonchev–Trinajstić information content (AvgIpc) is 2.45. The summed E-state index contributed by atoms with van der Waals surface area (Å²) in [6.45, 7) is 1.95. The fraction of sp³-hybridized carbons (Fsp3) is 0.667. The maximum absolute atomic E-state index is 12.0. The highest BCUT2D eigenvalue weighted by Gasteiger charge is 2.21. The lowest BCUT2D eigenvalue weighted by Gasteiger charge is -2.33. The normalized spacial score (nSPS) is 16.9. The van der Waals surface area contributed by atoms with E-state index in [0.717, 1.165) is 31.6 Å². The Kier molecular flexibility index (Phi) is 4.95. The lowest BCUT2D eigenvalue weighted by molar-refractivity contribution is 0.266. The number of aliphatic hydroxyl groups excluding tert-OH is 1. The topological polar surface area (TPSA) is 70.4 Å². The van der Waals surface area contributed by atoms with Gasteiger partial charge in [-0.1, -0.05) is 0 Å². The van der Waals surface area contributed by atoms with Gasteiger partial charge in [0.25, 0.3) is 5.56 Å². The molecule has 2 N–H and O–H groups in total. The van der Waals surface area contributed by atoms with Gasteiger partial charge in [0.05, 0.1) is 25.0 Å². The van der Waals surface area contributed by atoms with Gasteiger partial charge in [0.1, 0.15) is 4.47 Å². The number of aromatic nitrogens is 2. The monoisotopic (exact) mass is 330 g/mol. The van der Waals surface area contributed by atoms with Gasteiger partial charge < -0.3 is 15.3 Å². The lowest BCUT2D eigenvalue weighted by Crippen LogP contribution is -2.42. The van der Waals surface area contributed by atoms with Crippen molar-refractivity contribution in [2.24, 2.45) is 0 Å². The van der Waals surface area contributed by atoms with Crippen molar-refractivity contribution in [1.82, 2.24) is 15.1 Å². The van der Waals surface area contributed by atoms with Crippen LogP contribution in [0.5, 0.6) is 0 Å². The molecule has 1 aromatic heterocycles. The Morgan fingerprint density at radius 3 is 2.79 bits per heavy atom. The third-order valence-corrected chi connectivity index (χ3v) is 4.27. The van der Waals surface area contributed by atoms with Crippen LogP contribution in [0, 0.1) is 0 Å². The van der Waals surface area contributed by atoms with Crippen molar-refractivity contribution in [2.45, 2.75) is 25.4 Å². The third-order valence-electron chi connectivity index (χ3n) is 3.52. The van der Waals surface area contributed by atoms with Crippen LogP contribution in [0.25, 0.3) is 0 Å². The van der Waals surface area contributed by atoms with E-state index in [2.05, 4.69) is 31.2 Å². The first-order valence-electron chi connectivity index (χ1n) is 6.46. The van der Waals surface area contributed by atoms with Crippen molar-refractivity contribution < 1.29 is 5.11 Å². The third kappa shape index (κ3) is 3.16. The molecule has 1 saturated heterocycles. The molecular weight excluding hydrogens is 312 g/mol. The van der Waals surface area contributed by atoms with Crippen LogP contribution in [-0.2, 0) is 6.54 Å². The molecule has 2 heterocycles. The van der Waals surface area contributed by atoms with Crippen molar-refractivity contribution in [3.8, 4) is 0 Å². The molecule has 0 amide bonds. The summed E-state index contributed by atoms with van der Waals surface area (Å²) in [6, 6.07) is 0.553. The maximum atomic E-state index is 12.0. The van der Waals surface area contributed by atoms with E-state index < -0.39 is 0 Å². The van der Waals surface area contributed by atoms with E-state index in [0.29, 0.717) is 10.5 Å². The van der Waals surface area contributed by atoms with E-state index in [1.807, 2.05) is 7.05 Å². The van der Waals surface area contributed by atoms with Crippen LogP contribution in [-0.4, -0.2) is 47.7 Å². The fourth-order valence-electron chi connectivity index (χ4n) is 2.34. The molecule has 0 spiro atoms. The van der Waals surface area contributed by atoms with Gasteiger partial charge >= 0.3 is 0 Å². The molecule has 1 aliphatic heterocycles. The molecular formula is C12H19BrN4O2. The van der Waals surface area contributed by atoms with Gasteiger partial charge in [-0.2, -0.15) is 5.10 Å². The van der Waals surface area contributed by atoms with Crippen LogP contribution in [0.4, 0.5) is 5.69 Å². The van der Waals surface area contributed by atoms with Crippen LogP contribution in [0.15, 0.2) is 15.5 Å². The number of aliphatic hydroxyl groups is 1. The Morgan fingerprint density at radius 1 is 1.53 bits per heavy atom. The molecule has 1 aromatic rings. The molecule has 19 heavy (non-hydrogen) atoms. The van der Waals surface area contributed by atoms with Gasteiger partial charge in [0.15, 0.2) is 0 Å². The number of anilines is 1. The SMILES string of the molecule is CNC1CCN(c2cnn(CCO)c(=O)c2Br)CC1. The molecule has 0 unspecified atom stereocenters. The molecule has 106 valence electrons. The molecule has 1 aliphatic rings. The van der Waals surface area contributed by atoms with Gasteiger partial charge in [-0.3, -0.25) is 4.79 Å². The van der Waals surface area contributed by atoms with Crippen LogP contribution in [0.2, 0.25) is 0 Å². The number of nitrogens with one attached hydrogen (secondary N) is 1. The van der Waals surface area contributed by atoms with E-state index in [1.54, 1.807) is 6.20 Å². The van der Waals surface area contributed by atoms with E-state index in [-0.39, 0.29) is 18.7 Å². The summed E-state index contributed by atoms with van der Waals surface area (Å²) >= 11 is 3.36. The standard InChI is InChI=1S/C12H19BrN4O2/c1-14-9-2-4-16(5-3-9)10-8-15-17(6-7-18)12(19)11(10)13/h8-9,14,18H,2-7H2,1H3. The predicted octanol–water partition coefficient (Wildman–Crippen LogP) is 0.186. The predicted molar refractivity (Wildman–Crippen MR) is 77.6 cm³/mol. The summed E-state index contributed by atoms with van der Waals surface area (Å²) in [5.41, 5.74) is 0.649. The van der Waals surface area contributed by atoms with Gasteiger partial charge in [-0.25, -0.2) is 4.68 Å². The Balaban J connectivity index is 2.18. The zero-order valence-corrected chi connectivity index (χ0v) is 12.6. The summed E-state index contributed by atoms with van der Waals surface area (Å²) in [5.74, 6) is 0. The second-order valence-corrected chi connectivity index (χ2v) is 5.44. The summed E-state index contributed by atoms with van der Waals surface area (Å²) in [6.07, 6.45) is 3.81. The van der Waals surface area contributed by atoms with Crippen LogP contribution >= 0.6 is 15.9 Å². The van der Waals surface area contributed by atoms with Gasteiger partial charge in [0, 0.05) is 19.1 Å². The van der Waals surface area contributed by atoms with Crippen molar-refractivity contribution in [3.05, 3.63) is 21.0 Å². The molecule has 0 bridgehead atoms. The number of halogens is 1. The highest BCUT2D eigenvalue weighted by Crippen LogP contribution is 2.24. The first-order valence-corrected chi connectivity index (χ1v) is 7.25. The number of hydrogen-bond acceptors (Lipinski definition) is 5. The minimum atomic E-state index is -0.192. The second kappa shape index (κ2) is 6.49. The smallest absolute Gasteiger partial charge is 0.283 e. The molecule has 1 fully saturated rings. The molecule has 2 rings (SSSR count). The summed E-state index contributed by atoms with van der Waals surface area (Å²) < 4.78 is 1.80. The summed E-state index contributed by atoms with van der Waals surface area (Å²) in [4.78, 5) is 14.2. The van der Waals surface area contributed by atoms with Gasteiger partial charge in [-0.05, 0) is 35.8 Å². The highest BCUT2D eigenvalue weighted by molar-refractivity contribution is 9.10. The number of nitrogens with zero attached hydrogens (tertiary/aromatic N) is 3. The highest BCUT2D eigenvalue weighted by atomic mass is 79.9. The van der Waals surface area contributed by atoms with E-state index in [1.165, 1.54) is 4.68 Å². The van der Waals surface area contributed by atoms with Crippen molar-refractivity contribution in [2.75, 3.05) is 31.6 Å². The molecule has 0 saturated carbocycles. The quantitative estimate of drug-likeness (QED) is 0.824. The Hall–Kier alpha value is -0.920. The largest absolute Gasteiger partial charge is 0.394 e. The minimum absolute atomic E-state index is 0.0910. The Labute approximate surface area is 120 Å². The van der Waals surface area contributed by atoms with Crippen LogP contribution in [0.3, 0.4) is 0 Å².